The summed E-state index contributed by atoms with van der Waals surface area (Å²) in [7, 11) is 0. The first-order valence-electron chi connectivity index (χ1n) is 8.96. The van der Waals surface area contributed by atoms with E-state index in [2.05, 4.69) is 26.1 Å². The largest absolute Gasteiger partial charge is 0.349 e. The van der Waals surface area contributed by atoms with E-state index in [4.69, 9.17) is 0 Å². The van der Waals surface area contributed by atoms with Gasteiger partial charge >= 0.3 is 0 Å². The maximum atomic E-state index is 12.4. The molecule has 3 unspecified atom stereocenters. The van der Waals surface area contributed by atoms with Crippen LogP contribution in [0, 0.1) is 11.8 Å². The van der Waals surface area contributed by atoms with Crippen molar-refractivity contribution in [3.63, 3.8) is 0 Å². The standard InChI is InChI=1S/C18H23N5O2/c24-17(19-10-16-20-13-7-3-4-8-14(13)21-16)9-15-11-5-1-2-6-12(11)18(25)23-22-15/h3-4,7-8,11-12,15,22H,1-2,5-6,9-10H2,(H,19,24)(H,20,21)(H,23,25). The number of imidazole rings is 1. The summed E-state index contributed by atoms with van der Waals surface area (Å²) in [4.78, 5) is 32.0. The number of nitrogens with zero attached hydrogens (tertiary/aromatic N) is 1. The second-order valence-corrected chi connectivity index (χ2v) is 6.98. The molecule has 1 saturated carbocycles. The molecule has 1 aliphatic carbocycles. The van der Waals surface area contributed by atoms with Crippen LogP contribution >= 0.6 is 0 Å². The summed E-state index contributed by atoms with van der Waals surface area (Å²) in [5.74, 6) is 1.08. The summed E-state index contributed by atoms with van der Waals surface area (Å²) in [5.41, 5.74) is 7.64. The lowest BCUT2D eigenvalue weighted by Gasteiger charge is -2.40. The molecule has 2 aliphatic rings. The van der Waals surface area contributed by atoms with Gasteiger partial charge in [-0.25, -0.2) is 10.4 Å². The highest BCUT2D eigenvalue weighted by molar-refractivity contribution is 5.81. The monoisotopic (exact) mass is 341 g/mol. The van der Waals surface area contributed by atoms with Crippen molar-refractivity contribution in [1.29, 1.82) is 0 Å². The zero-order valence-corrected chi connectivity index (χ0v) is 14.0. The predicted octanol–water partition coefficient (Wildman–Crippen LogP) is 1.38. The van der Waals surface area contributed by atoms with Gasteiger partial charge in [-0.3, -0.25) is 15.0 Å². The first-order valence-corrected chi connectivity index (χ1v) is 8.96. The number of hydrogen-bond donors (Lipinski definition) is 4. The maximum absolute atomic E-state index is 12.4. The molecule has 3 atom stereocenters. The smallest absolute Gasteiger partial charge is 0.237 e. The average molecular weight is 341 g/mol. The minimum Gasteiger partial charge on any atom is -0.349 e. The fraction of sp³-hybridized carbons (Fsp3) is 0.500. The number of amides is 2. The van der Waals surface area contributed by atoms with Gasteiger partial charge in [-0.1, -0.05) is 25.0 Å². The van der Waals surface area contributed by atoms with Crippen molar-refractivity contribution in [3.05, 3.63) is 30.1 Å². The molecule has 25 heavy (non-hydrogen) atoms. The fourth-order valence-corrected chi connectivity index (χ4v) is 4.08. The Hall–Kier alpha value is -2.41. The van der Waals surface area contributed by atoms with E-state index in [0.29, 0.717) is 13.0 Å². The first-order chi connectivity index (χ1) is 12.2. The Kier molecular flexibility index (Phi) is 4.40. The molecule has 0 bridgehead atoms. The van der Waals surface area contributed by atoms with Crippen molar-refractivity contribution in [3.8, 4) is 0 Å². The minimum atomic E-state index is -0.0292. The van der Waals surface area contributed by atoms with Crippen molar-refractivity contribution in [2.75, 3.05) is 0 Å². The molecule has 1 aromatic heterocycles. The van der Waals surface area contributed by atoms with Gasteiger partial charge in [0, 0.05) is 18.4 Å². The number of hydrazine groups is 1. The van der Waals surface area contributed by atoms with E-state index in [1.165, 1.54) is 0 Å². The van der Waals surface area contributed by atoms with E-state index in [1.54, 1.807) is 0 Å². The van der Waals surface area contributed by atoms with Crippen LogP contribution in [-0.4, -0.2) is 27.8 Å². The third-order valence-electron chi connectivity index (χ3n) is 5.35. The number of para-hydroxylation sites is 2. The number of aromatic nitrogens is 2. The molecule has 4 rings (SSSR count). The molecule has 2 aromatic rings. The Morgan fingerprint density at radius 3 is 2.96 bits per heavy atom. The number of fused-ring (bicyclic) bond motifs is 2. The van der Waals surface area contributed by atoms with E-state index in [9.17, 15) is 9.59 Å². The Morgan fingerprint density at radius 2 is 2.08 bits per heavy atom. The van der Waals surface area contributed by atoms with E-state index >= 15 is 0 Å². The molecule has 2 amide bonds. The van der Waals surface area contributed by atoms with Gasteiger partial charge in [0.25, 0.3) is 0 Å². The highest BCUT2D eigenvalue weighted by atomic mass is 16.2. The SMILES string of the molecule is O=C(CC1NNC(=O)C2CCCCC12)NCc1nc2ccccc2[nH]1. The van der Waals surface area contributed by atoms with Crippen LogP contribution in [0.15, 0.2) is 24.3 Å². The number of benzene rings is 1. The van der Waals surface area contributed by atoms with Crippen LogP contribution in [0.4, 0.5) is 0 Å². The molecule has 4 N–H and O–H groups in total. The van der Waals surface area contributed by atoms with E-state index in [-0.39, 0.29) is 29.7 Å². The molecule has 1 saturated heterocycles. The number of hydrogen-bond acceptors (Lipinski definition) is 4. The lowest BCUT2D eigenvalue weighted by Crippen LogP contribution is -2.60. The lowest BCUT2D eigenvalue weighted by molar-refractivity contribution is -0.135. The fourth-order valence-electron chi connectivity index (χ4n) is 4.08. The van der Waals surface area contributed by atoms with Crippen LogP contribution in [0.3, 0.4) is 0 Å². The van der Waals surface area contributed by atoms with Gasteiger partial charge in [0.15, 0.2) is 0 Å². The van der Waals surface area contributed by atoms with Crippen molar-refractivity contribution in [2.24, 2.45) is 11.8 Å². The quantitative estimate of drug-likeness (QED) is 0.675. The van der Waals surface area contributed by atoms with Crippen LogP contribution in [0.1, 0.15) is 37.9 Å². The van der Waals surface area contributed by atoms with Gasteiger partial charge in [0.05, 0.1) is 17.6 Å². The lowest BCUT2D eigenvalue weighted by atomic mass is 9.73. The molecular formula is C18H23N5O2. The van der Waals surface area contributed by atoms with Gasteiger partial charge in [-0.2, -0.15) is 0 Å². The summed E-state index contributed by atoms with van der Waals surface area (Å²) >= 11 is 0. The topological polar surface area (TPSA) is 98.9 Å². The summed E-state index contributed by atoms with van der Waals surface area (Å²) in [6.07, 6.45) is 4.52. The number of aromatic amines is 1. The molecule has 0 spiro atoms. The number of H-pyrrole nitrogens is 1. The Labute approximate surface area is 145 Å². The molecule has 2 fully saturated rings. The molecule has 7 nitrogen and oxygen atoms in total. The number of carbonyl (C=O) groups is 2. The molecular weight excluding hydrogens is 318 g/mol. The van der Waals surface area contributed by atoms with Gasteiger partial charge in [0.1, 0.15) is 5.82 Å². The molecule has 1 aromatic carbocycles. The second-order valence-electron chi connectivity index (χ2n) is 6.98. The van der Waals surface area contributed by atoms with Crippen LogP contribution < -0.4 is 16.2 Å². The van der Waals surface area contributed by atoms with E-state index in [1.807, 2.05) is 24.3 Å². The normalized spacial score (nSPS) is 26.1. The molecule has 132 valence electrons. The zero-order chi connectivity index (χ0) is 17.2. The molecule has 1 aliphatic heterocycles. The van der Waals surface area contributed by atoms with Crippen LogP contribution in [0.5, 0.6) is 0 Å². The van der Waals surface area contributed by atoms with Crippen molar-refractivity contribution >= 4 is 22.8 Å². The predicted molar refractivity (Wildman–Crippen MR) is 93.1 cm³/mol. The van der Waals surface area contributed by atoms with Crippen molar-refractivity contribution < 1.29 is 9.59 Å². The van der Waals surface area contributed by atoms with Gasteiger partial charge in [0.2, 0.25) is 11.8 Å². The van der Waals surface area contributed by atoms with Gasteiger partial charge < -0.3 is 10.3 Å². The summed E-state index contributed by atoms with van der Waals surface area (Å²) in [6, 6.07) is 7.79. The zero-order valence-electron chi connectivity index (χ0n) is 14.0. The van der Waals surface area contributed by atoms with Gasteiger partial charge in [-0.05, 0) is 30.9 Å². The molecule has 2 heterocycles. The number of carbonyl (C=O) groups excluding carboxylic acids is 2. The summed E-state index contributed by atoms with van der Waals surface area (Å²) in [5, 5.41) is 2.93. The molecule has 0 radical (unpaired) electrons. The van der Waals surface area contributed by atoms with Crippen LogP contribution in [0.2, 0.25) is 0 Å². The van der Waals surface area contributed by atoms with E-state index in [0.717, 1.165) is 42.5 Å². The molecule has 7 heteroatoms. The van der Waals surface area contributed by atoms with Gasteiger partial charge in [-0.15, -0.1) is 0 Å². The van der Waals surface area contributed by atoms with Crippen molar-refractivity contribution in [2.45, 2.75) is 44.7 Å². The van der Waals surface area contributed by atoms with Crippen LogP contribution in [-0.2, 0) is 16.1 Å². The minimum absolute atomic E-state index is 0.00123. The third-order valence-corrected chi connectivity index (χ3v) is 5.35. The number of nitrogens with one attached hydrogen (secondary N) is 4. The Bertz CT molecular complexity index is 754. The third kappa shape index (κ3) is 3.37. The summed E-state index contributed by atoms with van der Waals surface area (Å²) in [6.45, 7) is 0.376. The number of rotatable bonds is 4. The van der Waals surface area contributed by atoms with Crippen molar-refractivity contribution in [1.82, 2.24) is 26.1 Å². The summed E-state index contributed by atoms with van der Waals surface area (Å²) < 4.78 is 0. The van der Waals surface area contributed by atoms with E-state index < -0.39 is 0 Å². The first kappa shape index (κ1) is 16.1. The Balaban J connectivity index is 1.34. The maximum Gasteiger partial charge on any atom is 0.237 e. The van der Waals surface area contributed by atoms with Crippen LogP contribution in [0.25, 0.3) is 11.0 Å². The second kappa shape index (κ2) is 6.84. The average Bonchev–Trinajstić information content (AvgIpc) is 3.06. The highest BCUT2D eigenvalue weighted by Crippen LogP contribution is 2.35. The highest BCUT2D eigenvalue weighted by Gasteiger charge is 2.40. The Morgan fingerprint density at radius 1 is 1.24 bits per heavy atom.